The summed E-state index contributed by atoms with van der Waals surface area (Å²) in [5, 5.41) is 20.3. The smallest absolute Gasteiger partial charge is 0.287 e. The Balaban J connectivity index is 2.22. The van der Waals surface area contributed by atoms with Gasteiger partial charge in [-0.2, -0.15) is 0 Å². The molecule has 0 spiro atoms. The van der Waals surface area contributed by atoms with Crippen LogP contribution in [-0.4, -0.2) is 44.1 Å². The Labute approximate surface area is 104 Å². The van der Waals surface area contributed by atoms with Gasteiger partial charge in [0.05, 0.1) is 29.8 Å². The van der Waals surface area contributed by atoms with Gasteiger partial charge in [0.1, 0.15) is 5.69 Å². The van der Waals surface area contributed by atoms with E-state index in [4.69, 9.17) is 0 Å². The lowest BCUT2D eigenvalue weighted by molar-refractivity contribution is -0.384. The second kappa shape index (κ2) is 4.09. The van der Waals surface area contributed by atoms with E-state index in [-0.39, 0.29) is 24.7 Å². The van der Waals surface area contributed by atoms with Gasteiger partial charge in [0.2, 0.25) is 0 Å². The first-order valence-corrected chi connectivity index (χ1v) is 5.70. The van der Waals surface area contributed by atoms with Crippen LogP contribution in [0.25, 0.3) is 0 Å². The predicted molar refractivity (Wildman–Crippen MR) is 63.3 cm³/mol. The van der Waals surface area contributed by atoms with Gasteiger partial charge < -0.3 is 14.6 Å². The average molecular weight is 253 g/mol. The Kier molecular flexibility index (Phi) is 2.86. The van der Waals surface area contributed by atoms with E-state index >= 15 is 0 Å². The molecule has 18 heavy (non-hydrogen) atoms. The van der Waals surface area contributed by atoms with Crippen LogP contribution in [0, 0.1) is 10.1 Å². The zero-order chi connectivity index (χ0) is 13.5. The number of aromatic nitrogens is 1. The topological polar surface area (TPSA) is 88.6 Å². The number of nitro groups is 1. The number of carbonyl (C=O) groups is 1. The van der Waals surface area contributed by atoms with Crippen LogP contribution >= 0.6 is 0 Å². The number of aliphatic hydroxyl groups is 1. The van der Waals surface area contributed by atoms with Crippen molar-refractivity contribution in [2.45, 2.75) is 26.0 Å². The monoisotopic (exact) mass is 253 g/mol. The Hall–Kier alpha value is -1.89. The van der Waals surface area contributed by atoms with Gasteiger partial charge in [-0.15, -0.1) is 0 Å². The van der Waals surface area contributed by atoms with Crippen LogP contribution in [0.4, 0.5) is 5.69 Å². The van der Waals surface area contributed by atoms with Gasteiger partial charge >= 0.3 is 0 Å². The number of β-amino-alcohol motifs (C(OH)–C–C–N with tert-alkyl or cyclic N) is 1. The highest BCUT2D eigenvalue weighted by Gasteiger charge is 2.40. The van der Waals surface area contributed by atoms with Crippen LogP contribution in [0.15, 0.2) is 12.3 Å². The first kappa shape index (κ1) is 12.6. The number of nitrogens with zero attached hydrogens (tertiary/aromatic N) is 3. The molecule has 0 saturated carbocycles. The molecule has 0 aromatic carbocycles. The number of carbonyl (C=O) groups excluding carboxylic acids is 1. The summed E-state index contributed by atoms with van der Waals surface area (Å²) in [4.78, 5) is 23.7. The van der Waals surface area contributed by atoms with E-state index in [9.17, 15) is 20.0 Å². The molecule has 1 aromatic heterocycles. The molecule has 2 heterocycles. The van der Waals surface area contributed by atoms with Crippen LogP contribution in [-0.2, 0) is 6.54 Å². The molecule has 1 fully saturated rings. The molecule has 1 aliphatic heterocycles. The Bertz CT molecular complexity index is 498. The summed E-state index contributed by atoms with van der Waals surface area (Å²) in [6, 6.07) is 1.28. The molecule has 7 heteroatoms. The molecule has 0 radical (unpaired) electrons. The fraction of sp³-hybridized carbons (Fsp3) is 0.545. The quantitative estimate of drug-likeness (QED) is 0.631. The van der Waals surface area contributed by atoms with Crippen LogP contribution in [0.5, 0.6) is 0 Å². The largest absolute Gasteiger partial charge is 0.386 e. The highest BCUT2D eigenvalue weighted by Crippen LogP contribution is 2.24. The standard InChI is InChI=1S/C11H15N3O4/c1-3-12-5-8(14(17)18)4-9(12)10(15)13-6-11(2,16)7-13/h4-5,16H,3,6-7H2,1-2H3. The SMILES string of the molecule is CCn1cc([N+](=O)[O-])cc1C(=O)N1CC(C)(O)C1. The van der Waals surface area contributed by atoms with Crippen molar-refractivity contribution in [3.63, 3.8) is 0 Å². The van der Waals surface area contributed by atoms with E-state index in [0.29, 0.717) is 12.2 Å². The van der Waals surface area contributed by atoms with E-state index in [1.807, 2.05) is 6.92 Å². The zero-order valence-corrected chi connectivity index (χ0v) is 10.3. The van der Waals surface area contributed by atoms with Gasteiger partial charge in [0.25, 0.3) is 11.6 Å². The third-order valence-electron chi connectivity index (χ3n) is 3.00. The molecule has 7 nitrogen and oxygen atoms in total. The summed E-state index contributed by atoms with van der Waals surface area (Å²) in [7, 11) is 0. The van der Waals surface area contributed by atoms with Crippen LogP contribution in [0.2, 0.25) is 0 Å². The lowest BCUT2D eigenvalue weighted by Gasteiger charge is -2.44. The van der Waals surface area contributed by atoms with E-state index in [2.05, 4.69) is 0 Å². The van der Waals surface area contributed by atoms with E-state index < -0.39 is 10.5 Å². The van der Waals surface area contributed by atoms with Gasteiger partial charge in [-0.3, -0.25) is 14.9 Å². The number of likely N-dealkylation sites (tertiary alicyclic amines) is 1. The molecule has 0 unspecified atom stereocenters. The number of rotatable bonds is 3. The second-order valence-corrected chi connectivity index (χ2v) is 4.78. The van der Waals surface area contributed by atoms with E-state index in [1.165, 1.54) is 17.2 Å². The third kappa shape index (κ3) is 2.08. The Morgan fingerprint density at radius 3 is 2.67 bits per heavy atom. The summed E-state index contributed by atoms with van der Waals surface area (Å²) >= 11 is 0. The number of hydrogen-bond acceptors (Lipinski definition) is 4. The average Bonchev–Trinajstić information content (AvgIpc) is 2.68. The Morgan fingerprint density at radius 1 is 1.61 bits per heavy atom. The molecule has 1 N–H and O–H groups in total. The highest BCUT2D eigenvalue weighted by molar-refractivity contribution is 5.94. The van der Waals surface area contributed by atoms with E-state index in [1.54, 1.807) is 11.5 Å². The summed E-state index contributed by atoms with van der Waals surface area (Å²) in [5.41, 5.74) is -0.641. The van der Waals surface area contributed by atoms with Crippen LogP contribution < -0.4 is 0 Å². The zero-order valence-electron chi connectivity index (χ0n) is 10.3. The molecular formula is C11H15N3O4. The number of amides is 1. The van der Waals surface area contributed by atoms with Crippen molar-refractivity contribution >= 4 is 11.6 Å². The normalized spacial score (nSPS) is 17.4. The fourth-order valence-electron chi connectivity index (χ4n) is 2.12. The first-order valence-electron chi connectivity index (χ1n) is 5.70. The van der Waals surface area contributed by atoms with Crippen molar-refractivity contribution in [2.75, 3.05) is 13.1 Å². The van der Waals surface area contributed by atoms with Gasteiger partial charge in [-0.1, -0.05) is 0 Å². The van der Waals surface area contributed by atoms with Gasteiger partial charge in [-0.05, 0) is 13.8 Å². The molecule has 1 aromatic rings. The number of aryl methyl sites for hydroxylation is 1. The highest BCUT2D eigenvalue weighted by atomic mass is 16.6. The summed E-state index contributed by atoms with van der Waals surface area (Å²) in [6.45, 7) is 4.47. The predicted octanol–water partition coefficient (Wildman–Crippen LogP) is 0.623. The van der Waals surface area contributed by atoms with E-state index in [0.717, 1.165) is 0 Å². The van der Waals surface area contributed by atoms with Crippen molar-refractivity contribution in [2.24, 2.45) is 0 Å². The third-order valence-corrected chi connectivity index (χ3v) is 3.00. The number of hydrogen-bond donors (Lipinski definition) is 1. The van der Waals surface area contributed by atoms with Crippen LogP contribution in [0.1, 0.15) is 24.3 Å². The first-order chi connectivity index (χ1) is 8.34. The minimum Gasteiger partial charge on any atom is -0.386 e. The summed E-state index contributed by atoms with van der Waals surface area (Å²) < 4.78 is 1.55. The van der Waals surface area contributed by atoms with Gasteiger partial charge in [0, 0.05) is 12.6 Å². The molecule has 2 rings (SSSR count). The van der Waals surface area contributed by atoms with Crippen molar-refractivity contribution in [1.29, 1.82) is 0 Å². The molecule has 1 saturated heterocycles. The molecule has 1 amide bonds. The minimum atomic E-state index is -0.842. The Morgan fingerprint density at radius 2 is 2.22 bits per heavy atom. The van der Waals surface area contributed by atoms with Crippen LogP contribution in [0.3, 0.4) is 0 Å². The molecule has 0 aliphatic carbocycles. The molecular weight excluding hydrogens is 238 g/mol. The van der Waals surface area contributed by atoms with Crippen molar-refractivity contribution in [3.8, 4) is 0 Å². The van der Waals surface area contributed by atoms with Crippen molar-refractivity contribution in [1.82, 2.24) is 9.47 Å². The van der Waals surface area contributed by atoms with Crippen molar-refractivity contribution < 1.29 is 14.8 Å². The molecule has 1 aliphatic rings. The molecule has 0 bridgehead atoms. The lowest BCUT2D eigenvalue weighted by Crippen LogP contribution is -2.61. The minimum absolute atomic E-state index is 0.0903. The maximum absolute atomic E-state index is 12.1. The van der Waals surface area contributed by atoms with Gasteiger partial charge in [-0.25, -0.2) is 0 Å². The maximum atomic E-state index is 12.1. The van der Waals surface area contributed by atoms with Crippen molar-refractivity contribution in [3.05, 3.63) is 28.1 Å². The lowest BCUT2D eigenvalue weighted by atomic mass is 9.96. The maximum Gasteiger partial charge on any atom is 0.287 e. The summed E-state index contributed by atoms with van der Waals surface area (Å²) in [5.74, 6) is -0.281. The fourth-order valence-corrected chi connectivity index (χ4v) is 2.12. The van der Waals surface area contributed by atoms with Gasteiger partial charge in [0.15, 0.2) is 0 Å². The molecule has 98 valence electrons. The molecule has 0 atom stereocenters. The second-order valence-electron chi connectivity index (χ2n) is 4.78. The summed E-state index contributed by atoms with van der Waals surface area (Å²) in [6.07, 6.45) is 1.35.